The van der Waals surface area contributed by atoms with Crippen molar-refractivity contribution in [2.45, 2.75) is 52.4 Å². The zero-order chi connectivity index (χ0) is 15.2. The maximum Gasteiger partial charge on any atom is 0.0615 e. The number of ether oxygens (including phenoxy) is 1. The average Bonchev–Trinajstić information content (AvgIpc) is 2.37. The molecule has 4 heteroatoms. The number of likely N-dealkylation sites (N-methyl/N-ethyl adjacent to an activating group) is 1. The lowest BCUT2D eigenvalue weighted by atomic mass is 10.1. The molecule has 0 aliphatic carbocycles. The van der Waals surface area contributed by atoms with Crippen molar-refractivity contribution < 1.29 is 4.74 Å². The smallest absolute Gasteiger partial charge is 0.0615 e. The average molecular weight is 279 g/mol. The van der Waals surface area contributed by atoms with Crippen LogP contribution in [0.15, 0.2) is 18.3 Å². The first kappa shape index (κ1) is 17.1. The molecule has 1 aromatic rings. The molecule has 1 N–H and O–H groups in total. The van der Waals surface area contributed by atoms with Crippen LogP contribution >= 0.6 is 0 Å². The van der Waals surface area contributed by atoms with E-state index in [0.29, 0.717) is 6.04 Å². The Balaban J connectivity index is 2.50. The highest BCUT2D eigenvalue weighted by Crippen LogP contribution is 2.07. The van der Waals surface area contributed by atoms with Gasteiger partial charge in [-0.1, -0.05) is 6.07 Å². The van der Waals surface area contributed by atoms with E-state index in [2.05, 4.69) is 62.1 Å². The molecule has 1 heterocycles. The first-order valence-electron chi connectivity index (χ1n) is 7.20. The Labute approximate surface area is 123 Å². The summed E-state index contributed by atoms with van der Waals surface area (Å²) < 4.78 is 5.18. The predicted molar refractivity (Wildman–Crippen MR) is 83.6 cm³/mol. The van der Waals surface area contributed by atoms with Gasteiger partial charge in [-0.25, -0.2) is 0 Å². The van der Waals surface area contributed by atoms with Crippen LogP contribution in [0.2, 0.25) is 0 Å². The molecule has 0 aliphatic heterocycles. The molecule has 0 aromatic carbocycles. The Morgan fingerprint density at radius 3 is 2.55 bits per heavy atom. The van der Waals surface area contributed by atoms with Gasteiger partial charge in [0.1, 0.15) is 0 Å². The third-order valence-electron chi connectivity index (χ3n) is 3.28. The van der Waals surface area contributed by atoms with Gasteiger partial charge < -0.3 is 10.1 Å². The van der Waals surface area contributed by atoms with E-state index in [1.807, 2.05) is 6.20 Å². The van der Waals surface area contributed by atoms with E-state index in [-0.39, 0.29) is 5.54 Å². The maximum atomic E-state index is 5.18. The second-order valence-electron chi connectivity index (χ2n) is 6.48. The van der Waals surface area contributed by atoms with Gasteiger partial charge in [0.15, 0.2) is 0 Å². The Morgan fingerprint density at radius 2 is 2.05 bits per heavy atom. The van der Waals surface area contributed by atoms with Gasteiger partial charge in [0.05, 0.1) is 12.3 Å². The summed E-state index contributed by atoms with van der Waals surface area (Å²) in [5, 5.41) is 3.47. The van der Waals surface area contributed by atoms with Crippen molar-refractivity contribution in [1.29, 1.82) is 0 Å². The minimum absolute atomic E-state index is 0.133. The highest BCUT2D eigenvalue weighted by Gasteiger charge is 2.11. The summed E-state index contributed by atoms with van der Waals surface area (Å²) in [4.78, 5) is 6.79. The number of hydrogen-bond acceptors (Lipinski definition) is 4. The van der Waals surface area contributed by atoms with Crippen molar-refractivity contribution in [3.05, 3.63) is 29.6 Å². The lowest BCUT2D eigenvalue weighted by Crippen LogP contribution is -2.35. The van der Waals surface area contributed by atoms with Crippen molar-refractivity contribution in [1.82, 2.24) is 15.2 Å². The molecule has 0 fully saturated rings. The Morgan fingerprint density at radius 1 is 1.35 bits per heavy atom. The number of methoxy groups -OCH3 is 1. The largest absolute Gasteiger partial charge is 0.383 e. The van der Waals surface area contributed by atoms with E-state index in [9.17, 15) is 0 Å². The zero-order valence-electron chi connectivity index (χ0n) is 13.7. The molecule has 20 heavy (non-hydrogen) atoms. The molecule has 4 nitrogen and oxygen atoms in total. The van der Waals surface area contributed by atoms with Crippen LogP contribution in [0.25, 0.3) is 0 Å². The Hall–Kier alpha value is -0.970. The van der Waals surface area contributed by atoms with Crippen molar-refractivity contribution >= 4 is 0 Å². The Bertz CT molecular complexity index is 384. The van der Waals surface area contributed by atoms with Gasteiger partial charge >= 0.3 is 0 Å². The molecule has 0 saturated carbocycles. The van der Waals surface area contributed by atoms with E-state index in [1.54, 1.807) is 7.11 Å². The summed E-state index contributed by atoms with van der Waals surface area (Å²) in [5.41, 5.74) is 2.44. The summed E-state index contributed by atoms with van der Waals surface area (Å²) >= 11 is 0. The minimum atomic E-state index is 0.133. The summed E-state index contributed by atoms with van der Waals surface area (Å²) in [6.45, 7) is 11.1. The molecular weight excluding hydrogens is 250 g/mol. The number of rotatable bonds is 7. The predicted octanol–water partition coefficient (Wildman–Crippen LogP) is 2.44. The first-order valence-corrected chi connectivity index (χ1v) is 7.20. The van der Waals surface area contributed by atoms with Crippen molar-refractivity contribution in [2.75, 3.05) is 20.8 Å². The molecule has 0 amide bonds. The minimum Gasteiger partial charge on any atom is -0.383 e. The first-order chi connectivity index (χ1) is 9.31. The molecule has 0 aliphatic rings. The molecule has 1 unspecified atom stereocenters. The van der Waals surface area contributed by atoms with Crippen LogP contribution in [0.1, 0.15) is 39.0 Å². The Kier molecular flexibility index (Phi) is 6.59. The van der Waals surface area contributed by atoms with Gasteiger partial charge in [-0.05, 0) is 46.4 Å². The highest BCUT2D eigenvalue weighted by molar-refractivity contribution is 5.14. The molecule has 1 rings (SSSR count). The standard InChI is InChI=1S/C16H29N3O/c1-13(12-20-6)19(5)11-15-8-7-14(9-17-15)10-18-16(2,3)4/h7-9,13,18H,10-12H2,1-6H3. The van der Waals surface area contributed by atoms with E-state index < -0.39 is 0 Å². The van der Waals surface area contributed by atoms with E-state index in [0.717, 1.165) is 25.4 Å². The molecule has 0 spiro atoms. The van der Waals surface area contributed by atoms with E-state index in [1.165, 1.54) is 5.56 Å². The molecule has 0 saturated heterocycles. The van der Waals surface area contributed by atoms with Crippen molar-refractivity contribution in [3.8, 4) is 0 Å². The van der Waals surface area contributed by atoms with Crippen LogP contribution in [0.4, 0.5) is 0 Å². The fourth-order valence-electron chi connectivity index (χ4n) is 1.80. The topological polar surface area (TPSA) is 37.4 Å². The summed E-state index contributed by atoms with van der Waals surface area (Å²) in [6, 6.07) is 4.65. The number of pyridine rings is 1. The second-order valence-corrected chi connectivity index (χ2v) is 6.48. The van der Waals surface area contributed by atoms with Crippen molar-refractivity contribution in [3.63, 3.8) is 0 Å². The molecule has 0 bridgehead atoms. The van der Waals surface area contributed by atoms with Crippen LogP contribution in [0.3, 0.4) is 0 Å². The van der Waals surface area contributed by atoms with Crippen LogP contribution in [0.5, 0.6) is 0 Å². The maximum absolute atomic E-state index is 5.18. The van der Waals surface area contributed by atoms with Gasteiger partial charge in [0.25, 0.3) is 0 Å². The van der Waals surface area contributed by atoms with Gasteiger partial charge in [-0.2, -0.15) is 0 Å². The molecule has 114 valence electrons. The highest BCUT2D eigenvalue weighted by atomic mass is 16.5. The molecule has 0 radical (unpaired) electrons. The number of nitrogens with zero attached hydrogens (tertiary/aromatic N) is 2. The summed E-state index contributed by atoms with van der Waals surface area (Å²) in [6.07, 6.45) is 1.96. The van der Waals surface area contributed by atoms with Crippen LogP contribution in [-0.2, 0) is 17.8 Å². The normalized spacial score (nSPS) is 13.8. The van der Waals surface area contributed by atoms with Crippen LogP contribution in [0, 0.1) is 0 Å². The monoisotopic (exact) mass is 279 g/mol. The van der Waals surface area contributed by atoms with Gasteiger partial charge in [-0.3, -0.25) is 9.88 Å². The number of aromatic nitrogens is 1. The van der Waals surface area contributed by atoms with E-state index in [4.69, 9.17) is 4.74 Å². The van der Waals surface area contributed by atoms with Crippen molar-refractivity contribution in [2.24, 2.45) is 0 Å². The van der Waals surface area contributed by atoms with Gasteiger partial charge in [-0.15, -0.1) is 0 Å². The molecule has 1 atom stereocenters. The fourth-order valence-corrected chi connectivity index (χ4v) is 1.80. The van der Waals surface area contributed by atoms with Gasteiger partial charge in [0, 0.05) is 38.0 Å². The SMILES string of the molecule is COCC(C)N(C)Cc1ccc(CNC(C)(C)C)cn1. The third kappa shape index (κ3) is 6.46. The molecular formula is C16H29N3O. The van der Waals surface area contributed by atoms with Gasteiger partial charge in [0.2, 0.25) is 0 Å². The quantitative estimate of drug-likeness (QED) is 0.832. The number of hydrogen-bond donors (Lipinski definition) is 1. The lowest BCUT2D eigenvalue weighted by molar-refractivity contribution is 0.111. The summed E-state index contributed by atoms with van der Waals surface area (Å²) in [5.74, 6) is 0. The van der Waals surface area contributed by atoms with E-state index >= 15 is 0 Å². The van der Waals surface area contributed by atoms with Crippen LogP contribution in [-0.4, -0.2) is 42.2 Å². The lowest BCUT2D eigenvalue weighted by Gasteiger charge is -2.23. The zero-order valence-corrected chi connectivity index (χ0v) is 13.7. The van der Waals surface area contributed by atoms with Crippen LogP contribution < -0.4 is 5.32 Å². The third-order valence-corrected chi connectivity index (χ3v) is 3.28. The number of nitrogens with one attached hydrogen (secondary N) is 1. The fraction of sp³-hybridized carbons (Fsp3) is 0.688. The second kappa shape index (κ2) is 7.72. The molecule has 1 aromatic heterocycles. The summed E-state index contributed by atoms with van der Waals surface area (Å²) in [7, 11) is 3.83.